The largest absolute Gasteiger partial charge is 0.452 e. The van der Waals surface area contributed by atoms with Crippen LogP contribution in [0.25, 0.3) is 0 Å². The minimum absolute atomic E-state index is 0.263. The van der Waals surface area contributed by atoms with Gasteiger partial charge in [-0.3, -0.25) is 4.79 Å². The van der Waals surface area contributed by atoms with Crippen molar-refractivity contribution in [2.24, 2.45) is 0 Å². The zero-order chi connectivity index (χ0) is 22.1. The molecule has 1 heterocycles. The van der Waals surface area contributed by atoms with Gasteiger partial charge in [-0.05, 0) is 31.2 Å². The van der Waals surface area contributed by atoms with E-state index in [-0.39, 0.29) is 5.75 Å². The number of anilines is 1. The van der Waals surface area contributed by atoms with Crippen LogP contribution in [0, 0.1) is 18.3 Å². The first kappa shape index (κ1) is 22.4. The van der Waals surface area contributed by atoms with Gasteiger partial charge in [0.05, 0.1) is 28.8 Å². The van der Waals surface area contributed by atoms with E-state index < -0.39 is 18.5 Å². The van der Waals surface area contributed by atoms with Gasteiger partial charge in [-0.25, -0.2) is 4.79 Å². The van der Waals surface area contributed by atoms with Gasteiger partial charge in [0.25, 0.3) is 5.91 Å². The Morgan fingerprint density at radius 2 is 1.87 bits per heavy atom. The van der Waals surface area contributed by atoms with Crippen LogP contribution in [0.2, 0.25) is 0 Å². The molecule has 2 aromatic carbocycles. The Hall–Kier alpha value is -3.29. The molecule has 1 aromatic heterocycles. The van der Waals surface area contributed by atoms with E-state index in [9.17, 15) is 9.59 Å². The number of carbonyl (C=O) groups is 2. The molecule has 0 radical (unpaired) electrons. The van der Waals surface area contributed by atoms with E-state index in [1.807, 2.05) is 18.2 Å². The summed E-state index contributed by atoms with van der Waals surface area (Å²) in [6.45, 7) is 1.30. The number of carbonyl (C=O) groups excluding carboxylic acids is 2. The molecule has 8 nitrogen and oxygen atoms in total. The standard InChI is InChI=1S/C21H18N4O4S2/c1-14-23-20(29-25-14)13-31-17-8-4-2-6-15(17)21(27)28-12-19(26)24-16-7-3-5-9-18(16)30-11-10-22/h2-9H,11-13H2,1H3,(H,24,26). The maximum atomic E-state index is 12.5. The molecular formula is C21H18N4O4S2. The summed E-state index contributed by atoms with van der Waals surface area (Å²) < 4.78 is 10.3. The van der Waals surface area contributed by atoms with Crippen molar-refractivity contribution in [2.75, 3.05) is 17.7 Å². The van der Waals surface area contributed by atoms with Crippen molar-refractivity contribution in [3.05, 3.63) is 65.8 Å². The summed E-state index contributed by atoms with van der Waals surface area (Å²) in [5.41, 5.74) is 0.913. The first-order chi connectivity index (χ1) is 15.1. The highest BCUT2D eigenvalue weighted by Gasteiger charge is 2.16. The van der Waals surface area contributed by atoms with E-state index in [1.54, 1.807) is 43.3 Å². The lowest BCUT2D eigenvalue weighted by molar-refractivity contribution is -0.119. The lowest BCUT2D eigenvalue weighted by Gasteiger charge is -2.11. The molecule has 0 aliphatic heterocycles. The molecule has 0 aliphatic carbocycles. The van der Waals surface area contributed by atoms with Gasteiger partial charge < -0.3 is 14.6 Å². The number of para-hydroxylation sites is 1. The topological polar surface area (TPSA) is 118 Å². The summed E-state index contributed by atoms with van der Waals surface area (Å²) in [5.74, 6) is 0.596. The molecule has 10 heteroatoms. The molecule has 0 aliphatic rings. The van der Waals surface area contributed by atoms with Crippen LogP contribution >= 0.6 is 23.5 Å². The molecule has 3 aromatic rings. The SMILES string of the molecule is Cc1noc(CSc2ccccc2C(=O)OCC(=O)Nc2ccccc2SCC#N)n1. The van der Waals surface area contributed by atoms with Crippen LogP contribution in [-0.2, 0) is 15.3 Å². The van der Waals surface area contributed by atoms with E-state index in [0.29, 0.717) is 33.6 Å². The smallest absolute Gasteiger partial charge is 0.339 e. The minimum Gasteiger partial charge on any atom is -0.452 e. The van der Waals surface area contributed by atoms with Crippen LogP contribution < -0.4 is 5.32 Å². The summed E-state index contributed by atoms with van der Waals surface area (Å²) in [5, 5.41) is 15.2. The fourth-order valence-electron chi connectivity index (χ4n) is 2.50. The van der Waals surface area contributed by atoms with E-state index in [4.69, 9.17) is 14.5 Å². The second kappa shape index (κ2) is 11.2. The van der Waals surface area contributed by atoms with Crippen molar-refractivity contribution < 1.29 is 18.8 Å². The number of nitrogens with zero attached hydrogens (tertiary/aromatic N) is 3. The molecule has 0 spiro atoms. The Morgan fingerprint density at radius 1 is 1.13 bits per heavy atom. The Labute approximate surface area is 187 Å². The van der Waals surface area contributed by atoms with Crippen LogP contribution in [-0.4, -0.2) is 34.4 Å². The van der Waals surface area contributed by atoms with Gasteiger partial charge in [0.15, 0.2) is 12.4 Å². The Balaban J connectivity index is 1.57. The predicted octanol–water partition coefficient (Wildman–Crippen LogP) is 4.08. The average Bonchev–Trinajstić information content (AvgIpc) is 3.20. The third-order valence-corrected chi connectivity index (χ3v) is 5.81. The monoisotopic (exact) mass is 454 g/mol. The van der Waals surface area contributed by atoms with Gasteiger partial charge in [0.1, 0.15) is 0 Å². The third-order valence-electron chi connectivity index (χ3n) is 3.82. The fourth-order valence-corrected chi connectivity index (χ4v) is 4.05. The number of nitriles is 1. The van der Waals surface area contributed by atoms with Crippen molar-refractivity contribution >= 4 is 41.1 Å². The number of rotatable bonds is 9. The van der Waals surface area contributed by atoms with Gasteiger partial charge in [0.2, 0.25) is 5.89 Å². The number of aromatic nitrogens is 2. The fraction of sp³-hybridized carbons (Fsp3) is 0.190. The predicted molar refractivity (Wildman–Crippen MR) is 117 cm³/mol. The molecule has 0 atom stereocenters. The number of aryl methyl sites for hydroxylation is 1. The first-order valence-electron chi connectivity index (χ1n) is 9.13. The number of ether oxygens (including phenoxy) is 1. The van der Waals surface area contributed by atoms with Gasteiger partial charge in [-0.15, -0.1) is 23.5 Å². The summed E-state index contributed by atoms with van der Waals surface area (Å²) in [6.07, 6.45) is 0. The molecule has 158 valence electrons. The average molecular weight is 455 g/mol. The zero-order valence-corrected chi connectivity index (χ0v) is 18.2. The van der Waals surface area contributed by atoms with Crippen LogP contribution in [0.15, 0.2) is 62.8 Å². The highest BCUT2D eigenvalue weighted by molar-refractivity contribution is 7.99. The lowest BCUT2D eigenvalue weighted by atomic mass is 10.2. The van der Waals surface area contributed by atoms with Crippen LogP contribution in [0.4, 0.5) is 5.69 Å². The Kier molecular flexibility index (Phi) is 8.09. The molecule has 1 amide bonds. The molecule has 31 heavy (non-hydrogen) atoms. The van der Waals surface area contributed by atoms with Gasteiger partial charge in [0, 0.05) is 9.79 Å². The van der Waals surface area contributed by atoms with Crippen molar-refractivity contribution in [1.29, 1.82) is 5.26 Å². The van der Waals surface area contributed by atoms with Crippen LogP contribution in [0.5, 0.6) is 0 Å². The molecule has 0 saturated heterocycles. The van der Waals surface area contributed by atoms with Crippen molar-refractivity contribution in [1.82, 2.24) is 10.1 Å². The van der Waals surface area contributed by atoms with Crippen molar-refractivity contribution in [3.8, 4) is 6.07 Å². The molecule has 0 unspecified atom stereocenters. The molecular weight excluding hydrogens is 436 g/mol. The van der Waals surface area contributed by atoms with Gasteiger partial charge in [-0.1, -0.05) is 29.4 Å². The van der Waals surface area contributed by atoms with E-state index in [1.165, 1.54) is 23.5 Å². The normalized spacial score (nSPS) is 10.3. The number of hydrogen-bond acceptors (Lipinski definition) is 9. The van der Waals surface area contributed by atoms with Crippen molar-refractivity contribution in [3.63, 3.8) is 0 Å². The second-order valence-corrected chi connectivity index (χ2v) is 8.12. The third kappa shape index (κ3) is 6.60. The maximum absolute atomic E-state index is 12.5. The lowest BCUT2D eigenvalue weighted by Crippen LogP contribution is -2.21. The highest BCUT2D eigenvalue weighted by atomic mass is 32.2. The Bertz CT molecular complexity index is 1110. The first-order valence-corrected chi connectivity index (χ1v) is 11.1. The maximum Gasteiger partial charge on any atom is 0.339 e. The summed E-state index contributed by atoms with van der Waals surface area (Å²) in [4.78, 5) is 30.4. The second-order valence-electron chi connectivity index (χ2n) is 6.09. The molecule has 0 bridgehead atoms. The van der Waals surface area contributed by atoms with Crippen LogP contribution in [0.3, 0.4) is 0 Å². The van der Waals surface area contributed by atoms with Crippen LogP contribution in [0.1, 0.15) is 22.1 Å². The summed E-state index contributed by atoms with van der Waals surface area (Å²) >= 11 is 2.68. The van der Waals surface area contributed by atoms with Crippen molar-refractivity contribution in [2.45, 2.75) is 22.5 Å². The minimum atomic E-state index is -0.605. The molecule has 3 rings (SSSR count). The quantitative estimate of drug-likeness (QED) is 0.377. The van der Waals surface area contributed by atoms with E-state index >= 15 is 0 Å². The number of nitrogens with one attached hydrogen (secondary N) is 1. The summed E-state index contributed by atoms with van der Waals surface area (Å²) in [6, 6.07) is 16.1. The number of amides is 1. The number of esters is 1. The van der Waals surface area contributed by atoms with E-state index in [0.717, 1.165) is 4.90 Å². The number of benzene rings is 2. The molecule has 0 fully saturated rings. The molecule has 1 N–H and O–H groups in total. The van der Waals surface area contributed by atoms with Gasteiger partial charge >= 0.3 is 5.97 Å². The van der Waals surface area contributed by atoms with E-state index in [2.05, 4.69) is 15.5 Å². The number of hydrogen-bond donors (Lipinski definition) is 1. The number of thioether (sulfide) groups is 2. The highest BCUT2D eigenvalue weighted by Crippen LogP contribution is 2.27. The summed E-state index contributed by atoms with van der Waals surface area (Å²) in [7, 11) is 0. The molecule has 0 saturated carbocycles. The zero-order valence-electron chi connectivity index (χ0n) is 16.5. The Morgan fingerprint density at radius 3 is 2.61 bits per heavy atom. The van der Waals surface area contributed by atoms with Gasteiger partial charge in [-0.2, -0.15) is 10.2 Å².